The fraction of sp³-hybridized carbons (Fsp3) is 0.846. The van der Waals surface area contributed by atoms with Crippen LogP contribution in [0.1, 0.15) is 110 Å². The van der Waals surface area contributed by atoms with E-state index in [-0.39, 0.29) is 13.0 Å². The number of allylic oxidation sites excluding steroid dienone is 4. The molecule has 0 saturated carbocycles. The average molecular weight is 475 g/mol. The molecule has 0 heterocycles. The molecule has 0 spiro atoms. The maximum Gasteiger partial charge on any atom is 0.362 e. The van der Waals surface area contributed by atoms with E-state index in [2.05, 4.69) is 31.2 Å². The molecule has 0 aliphatic rings. The van der Waals surface area contributed by atoms with Gasteiger partial charge in [-0.25, -0.2) is 0 Å². The Labute approximate surface area is 198 Å². The molecule has 0 aliphatic carbocycles. The van der Waals surface area contributed by atoms with Gasteiger partial charge in [-0.15, -0.1) is 0 Å². The van der Waals surface area contributed by atoms with Gasteiger partial charge < -0.3 is 19.4 Å². The van der Waals surface area contributed by atoms with Crippen molar-refractivity contribution >= 4 is 7.60 Å². The van der Waals surface area contributed by atoms with Crippen LogP contribution in [0.2, 0.25) is 0 Å². The Morgan fingerprint density at radius 1 is 0.688 bits per heavy atom. The summed E-state index contributed by atoms with van der Waals surface area (Å²) in [5.74, 6) is 0. The van der Waals surface area contributed by atoms with Gasteiger partial charge in [-0.05, 0) is 57.8 Å². The fourth-order valence-electron chi connectivity index (χ4n) is 3.97. The Kier molecular flexibility index (Phi) is 17.7. The van der Waals surface area contributed by atoms with Crippen molar-refractivity contribution in [2.24, 2.45) is 0 Å². The SMILES string of the molecule is CCCCCCCCCC/C=C\CCCC/C=C\CCCC(O)(C[N+](C)(C)C)P(=O)(O)O. The number of hydrogen-bond acceptors (Lipinski definition) is 2. The van der Waals surface area contributed by atoms with Crippen LogP contribution >= 0.6 is 7.60 Å². The quantitative estimate of drug-likeness (QED) is 0.0729. The summed E-state index contributed by atoms with van der Waals surface area (Å²) < 4.78 is 12.1. The Balaban J connectivity index is 3.72. The first-order chi connectivity index (χ1) is 15.0. The van der Waals surface area contributed by atoms with Crippen LogP contribution in [-0.2, 0) is 4.57 Å². The summed E-state index contributed by atoms with van der Waals surface area (Å²) >= 11 is 0. The zero-order valence-corrected chi connectivity index (χ0v) is 22.4. The highest BCUT2D eigenvalue weighted by Crippen LogP contribution is 2.52. The molecule has 32 heavy (non-hydrogen) atoms. The van der Waals surface area contributed by atoms with Crippen molar-refractivity contribution in [2.45, 2.75) is 115 Å². The first kappa shape index (κ1) is 31.6. The second-order valence-corrected chi connectivity index (χ2v) is 12.3. The van der Waals surface area contributed by atoms with Crippen LogP contribution in [0, 0.1) is 0 Å². The summed E-state index contributed by atoms with van der Waals surface area (Å²) in [5.41, 5.74) is 0. The van der Waals surface area contributed by atoms with Crippen molar-refractivity contribution < 1.29 is 23.9 Å². The molecule has 0 bridgehead atoms. The van der Waals surface area contributed by atoms with E-state index in [1.54, 1.807) is 0 Å². The van der Waals surface area contributed by atoms with Crippen LogP contribution in [0.25, 0.3) is 0 Å². The molecule has 0 aromatic carbocycles. The molecule has 6 heteroatoms. The molecule has 0 saturated heterocycles. The standard InChI is InChI=1S/C26H52NO4P/c1-5-6-7-8-9-10-11-12-13-14-15-16-17-18-19-20-21-22-23-24-26(28,32(29,30)31)25-27(2,3)4/h14-15,20-21,28H,5-13,16-19,22-25H2,1-4H3,(H-,29,30,31)/p+1/b15-14-,21-20-. The first-order valence-electron chi connectivity index (χ1n) is 12.9. The Hall–Kier alpha value is -0.450. The number of nitrogens with zero attached hydrogens (tertiary/aromatic N) is 1. The minimum atomic E-state index is -4.57. The van der Waals surface area contributed by atoms with Crippen molar-refractivity contribution in [3.63, 3.8) is 0 Å². The van der Waals surface area contributed by atoms with Crippen molar-refractivity contribution in [1.29, 1.82) is 0 Å². The summed E-state index contributed by atoms with van der Waals surface area (Å²) in [6.07, 6.45) is 27.0. The van der Waals surface area contributed by atoms with Gasteiger partial charge in [0.2, 0.25) is 5.34 Å². The second kappa shape index (κ2) is 18.0. The van der Waals surface area contributed by atoms with Gasteiger partial charge in [0, 0.05) is 0 Å². The summed E-state index contributed by atoms with van der Waals surface area (Å²) in [5, 5.41) is 8.57. The predicted molar refractivity (Wildman–Crippen MR) is 138 cm³/mol. The van der Waals surface area contributed by atoms with E-state index in [0.717, 1.165) is 25.7 Å². The highest BCUT2D eigenvalue weighted by atomic mass is 31.2. The topological polar surface area (TPSA) is 77.8 Å². The van der Waals surface area contributed by atoms with Gasteiger partial charge in [-0.3, -0.25) is 4.57 Å². The highest BCUT2D eigenvalue weighted by Gasteiger charge is 2.48. The van der Waals surface area contributed by atoms with E-state index < -0.39 is 12.9 Å². The van der Waals surface area contributed by atoms with Crippen molar-refractivity contribution in [1.82, 2.24) is 0 Å². The van der Waals surface area contributed by atoms with E-state index in [0.29, 0.717) is 10.9 Å². The van der Waals surface area contributed by atoms with E-state index in [1.807, 2.05) is 21.1 Å². The van der Waals surface area contributed by atoms with Crippen molar-refractivity contribution in [3.8, 4) is 0 Å². The molecule has 190 valence electrons. The lowest BCUT2D eigenvalue weighted by atomic mass is 10.1. The molecule has 0 fully saturated rings. The monoisotopic (exact) mass is 474 g/mol. The molecule has 0 aromatic rings. The molecule has 3 N–H and O–H groups in total. The summed E-state index contributed by atoms with van der Waals surface area (Å²) in [6, 6.07) is 0. The summed E-state index contributed by atoms with van der Waals surface area (Å²) in [7, 11) is 0.908. The van der Waals surface area contributed by atoms with Gasteiger partial charge in [0.1, 0.15) is 6.54 Å². The molecular formula is C26H53NO4P+. The largest absolute Gasteiger partial charge is 0.373 e. The van der Waals surface area contributed by atoms with Gasteiger partial charge >= 0.3 is 7.60 Å². The third-order valence-electron chi connectivity index (χ3n) is 5.77. The lowest BCUT2D eigenvalue weighted by Crippen LogP contribution is -2.49. The Bertz CT molecular complexity index is 551. The van der Waals surface area contributed by atoms with E-state index in [4.69, 9.17) is 0 Å². The number of hydrogen-bond donors (Lipinski definition) is 3. The zero-order chi connectivity index (χ0) is 24.3. The smallest absolute Gasteiger partial charge is 0.362 e. The van der Waals surface area contributed by atoms with Gasteiger partial charge in [0.05, 0.1) is 21.1 Å². The number of unbranched alkanes of at least 4 members (excludes halogenated alkanes) is 12. The minimum absolute atomic E-state index is 0.0353. The maximum absolute atomic E-state index is 11.8. The molecule has 0 amide bonds. The average Bonchev–Trinajstić information content (AvgIpc) is 2.67. The molecule has 0 rings (SSSR count). The Morgan fingerprint density at radius 3 is 1.47 bits per heavy atom. The van der Waals surface area contributed by atoms with Crippen molar-refractivity contribution in [2.75, 3.05) is 27.7 Å². The third-order valence-corrected chi connectivity index (χ3v) is 7.22. The number of aliphatic hydroxyl groups is 1. The number of rotatable bonds is 21. The number of likely N-dealkylation sites (N-methyl/N-ethyl adjacent to an activating group) is 1. The molecule has 0 radical (unpaired) electrons. The van der Waals surface area contributed by atoms with Crippen molar-refractivity contribution in [3.05, 3.63) is 24.3 Å². The zero-order valence-electron chi connectivity index (χ0n) is 21.5. The van der Waals surface area contributed by atoms with Gasteiger partial charge in [-0.1, -0.05) is 76.2 Å². The van der Waals surface area contributed by atoms with E-state index in [1.165, 1.54) is 64.2 Å². The fourth-order valence-corrected chi connectivity index (χ4v) is 5.03. The van der Waals surface area contributed by atoms with Gasteiger partial charge in [-0.2, -0.15) is 0 Å². The number of quaternary nitrogens is 1. The summed E-state index contributed by atoms with van der Waals surface area (Å²) in [6.45, 7) is 2.30. The Morgan fingerprint density at radius 2 is 1.06 bits per heavy atom. The van der Waals surface area contributed by atoms with Gasteiger partial charge in [0.15, 0.2) is 0 Å². The lowest BCUT2D eigenvalue weighted by Gasteiger charge is -2.35. The highest BCUT2D eigenvalue weighted by molar-refractivity contribution is 7.53. The molecule has 5 nitrogen and oxygen atoms in total. The molecule has 1 unspecified atom stereocenters. The van der Waals surface area contributed by atoms with Crippen LogP contribution in [0.15, 0.2) is 24.3 Å². The molecule has 1 atom stereocenters. The van der Waals surface area contributed by atoms with Crippen LogP contribution in [0.3, 0.4) is 0 Å². The molecule has 0 aliphatic heterocycles. The van der Waals surface area contributed by atoms with E-state index in [9.17, 15) is 19.5 Å². The maximum atomic E-state index is 11.8. The lowest BCUT2D eigenvalue weighted by molar-refractivity contribution is -0.875. The molecular weight excluding hydrogens is 421 g/mol. The normalized spacial score (nSPS) is 15.1. The second-order valence-electron chi connectivity index (χ2n) is 10.4. The summed E-state index contributed by atoms with van der Waals surface area (Å²) in [4.78, 5) is 19.2. The third kappa shape index (κ3) is 18.0. The van der Waals surface area contributed by atoms with Crippen LogP contribution in [0.5, 0.6) is 0 Å². The minimum Gasteiger partial charge on any atom is -0.373 e. The molecule has 0 aromatic heterocycles. The predicted octanol–water partition coefficient (Wildman–Crippen LogP) is 6.93. The van der Waals surface area contributed by atoms with Gasteiger partial charge in [0.25, 0.3) is 0 Å². The van der Waals surface area contributed by atoms with Crippen LogP contribution < -0.4 is 0 Å². The van der Waals surface area contributed by atoms with Crippen LogP contribution in [0.4, 0.5) is 0 Å². The van der Waals surface area contributed by atoms with E-state index >= 15 is 0 Å². The van der Waals surface area contributed by atoms with Crippen LogP contribution in [-0.4, -0.2) is 52.4 Å². The first-order valence-corrected chi connectivity index (χ1v) is 14.5.